The number of benzene rings is 1. The molecule has 0 aliphatic carbocycles. The Hall–Kier alpha value is -2.17. The third-order valence-corrected chi connectivity index (χ3v) is 2.01. The lowest BCUT2D eigenvalue weighted by Gasteiger charge is -2.06. The van der Waals surface area contributed by atoms with Crippen LogP contribution < -0.4 is 10.6 Å². The zero-order chi connectivity index (χ0) is 11.4. The predicted octanol–water partition coefficient (Wildman–Crippen LogP) is 2.40. The molecule has 1 aromatic carbocycles. The van der Waals surface area contributed by atoms with E-state index in [2.05, 4.69) is 20.6 Å². The zero-order valence-corrected chi connectivity index (χ0v) is 8.74. The summed E-state index contributed by atoms with van der Waals surface area (Å²) in [6.45, 7) is 0. The van der Waals surface area contributed by atoms with Crippen LogP contribution in [0.5, 0.6) is 0 Å². The first-order valence-electron chi connectivity index (χ1n) is 4.80. The van der Waals surface area contributed by atoms with E-state index < -0.39 is 0 Å². The molecule has 0 saturated heterocycles. The lowest BCUT2D eigenvalue weighted by Crippen LogP contribution is -1.98. The lowest BCUT2D eigenvalue weighted by atomic mass is 10.3. The minimum absolute atomic E-state index is 0.263. The second kappa shape index (κ2) is 4.57. The summed E-state index contributed by atoms with van der Waals surface area (Å²) in [6.07, 6.45) is 3.22. The maximum Gasteiger partial charge on any atom is 0.151 e. The van der Waals surface area contributed by atoms with Gasteiger partial charge in [0, 0.05) is 12.7 Å². The van der Waals surface area contributed by atoms with Crippen molar-refractivity contribution in [3.63, 3.8) is 0 Å². The molecule has 1 aromatic heterocycles. The van der Waals surface area contributed by atoms with E-state index in [9.17, 15) is 4.39 Å². The smallest absolute Gasteiger partial charge is 0.151 e. The van der Waals surface area contributed by atoms with Crippen molar-refractivity contribution >= 4 is 17.3 Å². The van der Waals surface area contributed by atoms with Gasteiger partial charge in [-0.05, 0) is 24.3 Å². The van der Waals surface area contributed by atoms with Crippen molar-refractivity contribution in [2.75, 3.05) is 17.7 Å². The molecule has 82 valence electrons. The van der Waals surface area contributed by atoms with Crippen LogP contribution in [0.2, 0.25) is 0 Å². The van der Waals surface area contributed by atoms with Crippen LogP contribution in [0.4, 0.5) is 21.7 Å². The van der Waals surface area contributed by atoms with E-state index in [1.54, 1.807) is 31.6 Å². The van der Waals surface area contributed by atoms with E-state index in [4.69, 9.17) is 0 Å². The van der Waals surface area contributed by atoms with Gasteiger partial charge in [-0.2, -0.15) is 0 Å². The molecule has 0 bridgehead atoms. The molecule has 0 atom stereocenters. The van der Waals surface area contributed by atoms with Gasteiger partial charge in [0.15, 0.2) is 5.82 Å². The van der Waals surface area contributed by atoms with Crippen LogP contribution in [0.1, 0.15) is 0 Å². The molecular formula is C11H11FN4. The van der Waals surface area contributed by atoms with Crippen molar-refractivity contribution in [3.8, 4) is 0 Å². The number of nitrogens with one attached hydrogen (secondary N) is 2. The van der Waals surface area contributed by atoms with Crippen molar-refractivity contribution in [1.82, 2.24) is 9.97 Å². The molecular weight excluding hydrogens is 207 g/mol. The van der Waals surface area contributed by atoms with E-state index >= 15 is 0 Å². The fourth-order valence-corrected chi connectivity index (χ4v) is 1.23. The highest BCUT2D eigenvalue weighted by Gasteiger charge is 1.98. The Labute approximate surface area is 92.6 Å². The summed E-state index contributed by atoms with van der Waals surface area (Å²) in [5.41, 5.74) is 0.768. The van der Waals surface area contributed by atoms with Gasteiger partial charge >= 0.3 is 0 Å². The molecule has 0 aliphatic rings. The first kappa shape index (κ1) is 10.4. The van der Waals surface area contributed by atoms with Gasteiger partial charge in [-0.1, -0.05) is 0 Å². The third kappa shape index (κ3) is 2.44. The number of rotatable bonds is 3. The topological polar surface area (TPSA) is 49.8 Å². The molecule has 0 radical (unpaired) electrons. The Morgan fingerprint density at radius 2 is 1.75 bits per heavy atom. The van der Waals surface area contributed by atoms with E-state index in [1.165, 1.54) is 12.1 Å². The SMILES string of the molecule is CNc1cncc(Nc2ccc(F)cc2)n1. The number of hydrogen-bond donors (Lipinski definition) is 2. The highest BCUT2D eigenvalue weighted by molar-refractivity contribution is 5.56. The Morgan fingerprint density at radius 3 is 2.44 bits per heavy atom. The minimum Gasteiger partial charge on any atom is -0.372 e. The summed E-state index contributed by atoms with van der Waals surface area (Å²) in [5, 5.41) is 5.91. The standard InChI is InChI=1S/C11H11FN4/c1-13-10-6-14-7-11(16-10)15-9-4-2-8(12)3-5-9/h2-7H,1H3,(H2,13,15,16). The monoisotopic (exact) mass is 218 g/mol. The lowest BCUT2D eigenvalue weighted by molar-refractivity contribution is 0.628. The number of aromatic nitrogens is 2. The average Bonchev–Trinajstić information content (AvgIpc) is 2.32. The van der Waals surface area contributed by atoms with Crippen LogP contribution in [0.15, 0.2) is 36.7 Å². The van der Waals surface area contributed by atoms with E-state index in [1.807, 2.05) is 0 Å². The van der Waals surface area contributed by atoms with Crippen molar-refractivity contribution < 1.29 is 4.39 Å². The first-order chi connectivity index (χ1) is 7.78. The Bertz CT molecular complexity index is 470. The van der Waals surface area contributed by atoms with Crippen LogP contribution >= 0.6 is 0 Å². The van der Waals surface area contributed by atoms with Gasteiger partial charge < -0.3 is 10.6 Å². The molecule has 4 nitrogen and oxygen atoms in total. The largest absolute Gasteiger partial charge is 0.372 e. The predicted molar refractivity (Wildman–Crippen MR) is 61.3 cm³/mol. The highest BCUT2D eigenvalue weighted by Crippen LogP contribution is 2.15. The molecule has 0 unspecified atom stereocenters. The molecule has 2 N–H and O–H groups in total. The van der Waals surface area contributed by atoms with Gasteiger partial charge in [0.05, 0.1) is 12.4 Å². The maximum atomic E-state index is 12.7. The second-order valence-electron chi connectivity index (χ2n) is 3.17. The molecule has 1 heterocycles. The van der Waals surface area contributed by atoms with Crippen molar-refractivity contribution in [3.05, 3.63) is 42.5 Å². The number of halogens is 1. The summed E-state index contributed by atoms with van der Waals surface area (Å²) >= 11 is 0. The normalized spacial score (nSPS) is 9.88. The second-order valence-corrected chi connectivity index (χ2v) is 3.17. The quantitative estimate of drug-likeness (QED) is 0.830. The van der Waals surface area contributed by atoms with Crippen molar-refractivity contribution in [1.29, 1.82) is 0 Å². The summed E-state index contributed by atoms with van der Waals surface area (Å²) in [4.78, 5) is 8.24. The molecule has 0 saturated carbocycles. The van der Waals surface area contributed by atoms with Crippen LogP contribution in [0, 0.1) is 5.82 Å². The fraction of sp³-hybridized carbons (Fsp3) is 0.0909. The average molecular weight is 218 g/mol. The van der Waals surface area contributed by atoms with Crippen LogP contribution in [-0.2, 0) is 0 Å². The Kier molecular flexibility index (Phi) is 2.95. The minimum atomic E-state index is -0.263. The number of anilines is 3. The summed E-state index contributed by atoms with van der Waals surface area (Å²) in [7, 11) is 1.77. The van der Waals surface area contributed by atoms with Gasteiger partial charge in [-0.25, -0.2) is 9.37 Å². The van der Waals surface area contributed by atoms with Crippen molar-refractivity contribution in [2.24, 2.45) is 0 Å². The van der Waals surface area contributed by atoms with E-state index in [0.29, 0.717) is 11.6 Å². The molecule has 0 spiro atoms. The molecule has 5 heteroatoms. The fourth-order valence-electron chi connectivity index (χ4n) is 1.23. The molecule has 0 fully saturated rings. The molecule has 2 aromatic rings. The van der Waals surface area contributed by atoms with Gasteiger partial charge in [0.2, 0.25) is 0 Å². The van der Waals surface area contributed by atoms with Gasteiger partial charge in [0.25, 0.3) is 0 Å². The van der Waals surface area contributed by atoms with Crippen LogP contribution in [0.3, 0.4) is 0 Å². The summed E-state index contributed by atoms with van der Waals surface area (Å²) in [5.74, 6) is 1.02. The Balaban J connectivity index is 2.16. The molecule has 0 amide bonds. The number of hydrogen-bond acceptors (Lipinski definition) is 4. The number of nitrogens with zero attached hydrogens (tertiary/aromatic N) is 2. The maximum absolute atomic E-state index is 12.7. The Morgan fingerprint density at radius 1 is 1.06 bits per heavy atom. The summed E-state index contributed by atoms with van der Waals surface area (Å²) in [6, 6.07) is 6.06. The van der Waals surface area contributed by atoms with E-state index in [-0.39, 0.29) is 5.82 Å². The van der Waals surface area contributed by atoms with Gasteiger partial charge in [-0.3, -0.25) is 4.98 Å². The first-order valence-corrected chi connectivity index (χ1v) is 4.80. The van der Waals surface area contributed by atoms with E-state index in [0.717, 1.165) is 5.69 Å². The van der Waals surface area contributed by atoms with Crippen LogP contribution in [0.25, 0.3) is 0 Å². The molecule has 2 rings (SSSR count). The molecule has 0 aliphatic heterocycles. The van der Waals surface area contributed by atoms with Gasteiger partial charge in [-0.15, -0.1) is 0 Å². The molecule has 16 heavy (non-hydrogen) atoms. The van der Waals surface area contributed by atoms with Crippen LogP contribution in [-0.4, -0.2) is 17.0 Å². The van der Waals surface area contributed by atoms with Crippen molar-refractivity contribution in [2.45, 2.75) is 0 Å². The highest BCUT2D eigenvalue weighted by atomic mass is 19.1. The third-order valence-electron chi connectivity index (χ3n) is 2.01. The zero-order valence-electron chi connectivity index (χ0n) is 8.74. The van der Waals surface area contributed by atoms with Gasteiger partial charge in [0.1, 0.15) is 11.6 Å². The summed E-state index contributed by atoms with van der Waals surface area (Å²) < 4.78 is 12.7.